The standard InChI is InChI=1S/C14H13NO4S/c1-8-6-11(14(18)19)13(20-8)15-12(17)7-9-2-4-10(16)5-3-9/h2-6,16H,7H2,1H3,(H,15,17)(H,18,19). The third kappa shape index (κ3) is 3.36. The highest BCUT2D eigenvalue weighted by Gasteiger charge is 2.16. The number of rotatable bonds is 4. The van der Waals surface area contributed by atoms with Gasteiger partial charge in [0.25, 0.3) is 0 Å². The van der Waals surface area contributed by atoms with Crippen molar-refractivity contribution in [2.45, 2.75) is 13.3 Å². The van der Waals surface area contributed by atoms with Crippen LogP contribution < -0.4 is 5.32 Å². The second-order valence-corrected chi connectivity index (χ2v) is 5.55. The van der Waals surface area contributed by atoms with Crippen LogP contribution in [0.1, 0.15) is 20.8 Å². The van der Waals surface area contributed by atoms with E-state index in [1.165, 1.54) is 29.5 Å². The average molecular weight is 291 g/mol. The summed E-state index contributed by atoms with van der Waals surface area (Å²) in [7, 11) is 0. The van der Waals surface area contributed by atoms with Crippen molar-refractivity contribution in [2.75, 3.05) is 5.32 Å². The van der Waals surface area contributed by atoms with Crippen LogP contribution in [0.25, 0.3) is 0 Å². The first-order chi connectivity index (χ1) is 9.45. The molecule has 1 heterocycles. The number of aromatic hydroxyl groups is 1. The Balaban J connectivity index is 2.08. The Morgan fingerprint density at radius 1 is 1.25 bits per heavy atom. The summed E-state index contributed by atoms with van der Waals surface area (Å²) in [5, 5.41) is 21.2. The lowest BCUT2D eigenvalue weighted by atomic mass is 10.1. The van der Waals surface area contributed by atoms with Crippen LogP contribution in [0, 0.1) is 6.92 Å². The van der Waals surface area contributed by atoms with Crippen LogP contribution in [0.5, 0.6) is 5.75 Å². The molecule has 0 fully saturated rings. The number of hydrogen-bond donors (Lipinski definition) is 3. The molecule has 0 saturated carbocycles. The van der Waals surface area contributed by atoms with E-state index in [1.54, 1.807) is 19.1 Å². The number of anilines is 1. The van der Waals surface area contributed by atoms with Gasteiger partial charge in [-0.3, -0.25) is 4.79 Å². The van der Waals surface area contributed by atoms with E-state index in [4.69, 9.17) is 10.2 Å². The highest BCUT2D eigenvalue weighted by atomic mass is 32.1. The number of phenolic OH excluding ortho intramolecular Hbond substituents is 1. The second-order valence-electron chi connectivity index (χ2n) is 4.30. The molecular weight excluding hydrogens is 278 g/mol. The van der Waals surface area contributed by atoms with Crippen molar-refractivity contribution < 1.29 is 19.8 Å². The van der Waals surface area contributed by atoms with Gasteiger partial charge in [-0.25, -0.2) is 4.79 Å². The zero-order valence-corrected chi connectivity index (χ0v) is 11.5. The summed E-state index contributed by atoms with van der Waals surface area (Å²) >= 11 is 1.23. The van der Waals surface area contributed by atoms with Crippen molar-refractivity contribution >= 4 is 28.2 Å². The molecule has 0 unspecified atom stereocenters. The van der Waals surface area contributed by atoms with Crippen LogP contribution in [0.15, 0.2) is 30.3 Å². The van der Waals surface area contributed by atoms with Gasteiger partial charge in [-0.2, -0.15) is 0 Å². The molecule has 1 aromatic carbocycles. The Kier molecular flexibility index (Phi) is 4.05. The maximum Gasteiger partial charge on any atom is 0.338 e. The second kappa shape index (κ2) is 5.75. The van der Waals surface area contributed by atoms with E-state index >= 15 is 0 Å². The summed E-state index contributed by atoms with van der Waals surface area (Å²) in [6, 6.07) is 7.82. The maximum absolute atomic E-state index is 11.9. The molecule has 0 aliphatic rings. The molecule has 0 saturated heterocycles. The molecule has 0 atom stereocenters. The lowest BCUT2D eigenvalue weighted by Gasteiger charge is -2.04. The molecular formula is C14H13NO4S. The largest absolute Gasteiger partial charge is 0.508 e. The molecule has 0 radical (unpaired) electrons. The maximum atomic E-state index is 11.9. The molecule has 20 heavy (non-hydrogen) atoms. The number of carbonyl (C=O) groups excluding carboxylic acids is 1. The SMILES string of the molecule is Cc1cc(C(=O)O)c(NC(=O)Cc2ccc(O)cc2)s1. The van der Waals surface area contributed by atoms with Gasteiger partial charge >= 0.3 is 5.97 Å². The molecule has 1 amide bonds. The van der Waals surface area contributed by atoms with Gasteiger partial charge in [-0.15, -0.1) is 11.3 Å². The molecule has 2 aromatic rings. The molecule has 5 nitrogen and oxygen atoms in total. The van der Waals surface area contributed by atoms with Gasteiger partial charge in [0.2, 0.25) is 5.91 Å². The van der Waals surface area contributed by atoms with Gasteiger partial charge in [0, 0.05) is 4.88 Å². The van der Waals surface area contributed by atoms with Gasteiger partial charge < -0.3 is 15.5 Å². The Hall–Kier alpha value is -2.34. The van der Waals surface area contributed by atoms with Crippen LogP contribution >= 0.6 is 11.3 Å². The Morgan fingerprint density at radius 3 is 2.50 bits per heavy atom. The minimum atomic E-state index is -1.06. The first-order valence-electron chi connectivity index (χ1n) is 5.87. The highest BCUT2D eigenvalue weighted by Crippen LogP contribution is 2.27. The van der Waals surface area contributed by atoms with Gasteiger partial charge in [0.15, 0.2) is 0 Å². The van der Waals surface area contributed by atoms with E-state index in [2.05, 4.69) is 5.32 Å². The minimum Gasteiger partial charge on any atom is -0.508 e. The summed E-state index contributed by atoms with van der Waals surface area (Å²) in [5.41, 5.74) is 0.844. The van der Waals surface area contributed by atoms with Crippen LogP contribution in [-0.4, -0.2) is 22.1 Å². The number of aromatic carboxylic acids is 1. The third-order valence-corrected chi connectivity index (χ3v) is 3.61. The summed E-state index contributed by atoms with van der Waals surface area (Å²) in [6.45, 7) is 1.78. The third-order valence-electron chi connectivity index (χ3n) is 2.64. The zero-order chi connectivity index (χ0) is 14.7. The topological polar surface area (TPSA) is 86.6 Å². The summed E-state index contributed by atoms with van der Waals surface area (Å²) in [4.78, 5) is 23.8. The van der Waals surface area contributed by atoms with Gasteiger partial charge in [-0.05, 0) is 30.7 Å². The lowest BCUT2D eigenvalue weighted by Crippen LogP contribution is -2.15. The first-order valence-corrected chi connectivity index (χ1v) is 6.69. The van der Waals surface area contributed by atoms with E-state index in [0.29, 0.717) is 5.00 Å². The summed E-state index contributed by atoms with van der Waals surface area (Å²) in [5.74, 6) is -1.22. The highest BCUT2D eigenvalue weighted by molar-refractivity contribution is 7.16. The predicted octanol–water partition coefficient (Wildman–Crippen LogP) is 2.64. The number of phenols is 1. The van der Waals surface area contributed by atoms with Crippen LogP contribution in [0.3, 0.4) is 0 Å². The number of hydrogen-bond acceptors (Lipinski definition) is 4. The lowest BCUT2D eigenvalue weighted by molar-refractivity contribution is -0.115. The van der Waals surface area contributed by atoms with Gasteiger partial charge in [0.05, 0.1) is 12.0 Å². The number of benzene rings is 1. The number of carbonyl (C=O) groups is 2. The number of nitrogens with one attached hydrogen (secondary N) is 1. The molecule has 104 valence electrons. The Morgan fingerprint density at radius 2 is 1.90 bits per heavy atom. The fourth-order valence-corrected chi connectivity index (χ4v) is 2.66. The smallest absolute Gasteiger partial charge is 0.338 e. The van der Waals surface area contributed by atoms with E-state index < -0.39 is 5.97 Å². The van der Waals surface area contributed by atoms with Gasteiger partial charge in [-0.1, -0.05) is 12.1 Å². The number of carboxylic acid groups (broad SMARTS) is 1. The van der Waals surface area contributed by atoms with Crippen molar-refractivity contribution in [1.82, 2.24) is 0 Å². The van der Waals surface area contributed by atoms with Crippen molar-refractivity contribution in [1.29, 1.82) is 0 Å². The normalized spacial score (nSPS) is 10.2. The molecule has 1 aromatic heterocycles. The zero-order valence-electron chi connectivity index (χ0n) is 10.7. The van der Waals surface area contributed by atoms with E-state index in [1.807, 2.05) is 0 Å². The molecule has 3 N–H and O–H groups in total. The van der Waals surface area contributed by atoms with E-state index in [-0.39, 0.29) is 23.6 Å². The number of aryl methyl sites for hydroxylation is 1. The van der Waals surface area contributed by atoms with Crippen molar-refractivity contribution in [3.8, 4) is 5.75 Å². The summed E-state index contributed by atoms with van der Waals surface area (Å²) in [6.07, 6.45) is 0.121. The van der Waals surface area contributed by atoms with Gasteiger partial charge in [0.1, 0.15) is 10.8 Å². The molecule has 2 rings (SSSR count). The minimum absolute atomic E-state index is 0.103. The fraction of sp³-hybridized carbons (Fsp3) is 0.143. The fourth-order valence-electron chi connectivity index (χ4n) is 1.74. The average Bonchev–Trinajstić information content (AvgIpc) is 2.73. The van der Waals surface area contributed by atoms with Crippen LogP contribution in [0.4, 0.5) is 5.00 Å². The van der Waals surface area contributed by atoms with E-state index in [9.17, 15) is 9.59 Å². The molecule has 0 aliphatic carbocycles. The van der Waals surface area contributed by atoms with Crippen molar-refractivity contribution in [3.05, 3.63) is 46.3 Å². The Bertz CT molecular complexity index is 646. The molecule has 0 aliphatic heterocycles. The number of amides is 1. The number of carboxylic acids is 1. The molecule has 0 bridgehead atoms. The number of thiophene rings is 1. The van der Waals surface area contributed by atoms with E-state index in [0.717, 1.165) is 10.4 Å². The predicted molar refractivity (Wildman–Crippen MR) is 76.5 cm³/mol. The molecule has 0 spiro atoms. The summed E-state index contributed by atoms with van der Waals surface area (Å²) < 4.78 is 0. The van der Waals surface area contributed by atoms with Crippen LogP contribution in [0.2, 0.25) is 0 Å². The van der Waals surface area contributed by atoms with Crippen LogP contribution in [-0.2, 0) is 11.2 Å². The molecule has 6 heteroatoms. The monoisotopic (exact) mass is 291 g/mol. The quantitative estimate of drug-likeness (QED) is 0.808. The van der Waals surface area contributed by atoms with Crippen molar-refractivity contribution in [2.24, 2.45) is 0 Å². The Labute approximate surface area is 119 Å². The first kappa shape index (κ1) is 14.1. The van der Waals surface area contributed by atoms with Crippen molar-refractivity contribution in [3.63, 3.8) is 0 Å².